The molecular formula is C12H15F3N2O3S. The molecule has 9 heteroatoms. The van der Waals surface area contributed by atoms with Gasteiger partial charge in [-0.1, -0.05) is 12.1 Å². The van der Waals surface area contributed by atoms with Gasteiger partial charge in [-0.15, -0.1) is 0 Å². The number of anilines is 1. The lowest BCUT2D eigenvalue weighted by Crippen LogP contribution is -2.31. The number of hydrogen-bond acceptors (Lipinski definition) is 3. The lowest BCUT2D eigenvalue weighted by molar-refractivity contribution is -0.136. The SMILES string of the molecule is CN(CCC(F)(F)F)C(=O)c1ccccc1NS(C)(=O)=O. The van der Waals surface area contributed by atoms with Crippen LogP contribution >= 0.6 is 0 Å². The third kappa shape index (κ3) is 6.03. The summed E-state index contributed by atoms with van der Waals surface area (Å²) in [4.78, 5) is 13.0. The number of halogens is 3. The highest BCUT2D eigenvalue weighted by atomic mass is 32.2. The largest absolute Gasteiger partial charge is 0.390 e. The summed E-state index contributed by atoms with van der Waals surface area (Å²) in [6.07, 6.45) is -4.57. The van der Waals surface area contributed by atoms with Gasteiger partial charge in [0.15, 0.2) is 0 Å². The van der Waals surface area contributed by atoms with Gasteiger partial charge in [0.1, 0.15) is 0 Å². The number of benzene rings is 1. The Morgan fingerprint density at radius 1 is 1.29 bits per heavy atom. The second-order valence-electron chi connectivity index (χ2n) is 4.51. The van der Waals surface area contributed by atoms with Crippen molar-refractivity contribution in [3.05, 3.63) is 29.8 Å². The molecule has 1 aromatic carbocycles. The van der Waals surface area contributed by atoms with Gasteiger partial charge in [0.05, 0.1) is 23.9 Å². The lowest BCUT2D eigenvalue weighted by atomic mass is 10.1. The van der Waals surface area contributed by atoms with Gasteiger partial charge in [0.2, 0.25) is 10.0 Å². The van der Waals surface area contributed by atoms with Crippen LogP contribution < -0.4 is 4.72 Å². The molecule has 0 heterocycles. The van der Waals surface area contributed by atoms with Crippen LogP contribution in [0.25, 0.3) is 0 Å². The van der Waals surface area contributed by atoms with E-state index in [1.807, 2.05) is 0 Å². The Labute approximate surface area is 120 Å². The van der Waals surface area contributed by atoms with E-state index in [0.29, 0.717) is 0 Å². The molecule has 0 aliphatic heterocycles. The normalized spacial score (nSPS) is 12.0. The predicted octanol–water partition coefficient (Wildman–Crippen LogP) is 2.08. The minimum atomic E-state index is -4.36. The molecule has 0 bridgehead atoms. The van der Waals surface area contributed by atoms with Gasteiger partial charge < -0.3 is 4.90 Å². The van der Waals surface area contributed by atoms with Crippen LogP contribution in [0.15, 0.2) is 24.3 Å². The Bertz CT molecular complexity index is 614. The summed E-state index contributed by atoms with van der Waals surface area (Å²) in [5.41, 5.74) is 0.0245. The van der Waals surface area contributed by atoms with Crippen molar-refractivity contribution >= 4 is 21.6 Å². The van der Waals surface area contributed by atoms with E-state index in [9.17, 15) is 26.4 Å². The van der Waals surface area contributed by atoms with Crippen molar-refractivity contribution in [1.82, 2.24) is 4.90 Å². The van der Waals surface area contributed by atoms with Crippen LogP contribution in [0.5, 0.6) is 0 Å². The van der Waals surface area contributed by atoms with Crippen molar-refractivity contribution in [3.8, 4) is 0 Å². The van der Waals surface area contributed by atoms with Crippen LogP contribution in [0.3, 0.4) is 0 Å². The Morgan fingerprint density at radius 2 is 1.86 bits per heavy atom. The standard InChI is InChI=1S/C12H15F3N2O3S/c1-17(8-7-12(13,14)15)11(18)9-5-3-4-6-10(9)16-21(2,19)20/h3-6,16H,7-8H2,1-2H3. The molecule has 1 amide bonds. The quantitative estimate of drug-likeness (QED) is 0.902. The molecule has 0 unspecified atom stereocenters. The van der Waals surface area contributed by atoms with E-state index in [1.165, 1.54) is 31.3 Å². The zero-order valence-corrected chi connectivity index (χ0v) is 12.3. The predicted molar refractivity (Wildman–Crippen MR) is 72.5 cm³/mol. The van der Waals surface area contributed by atoms with Crippen LogP contribution in [0.2, 0.25) is 0 Å². The average molecular weight is 324 g/mol. The number of hydrogen-bond donors (Lipinski definition) is 1. The Kier molecular flexibility index (Phi) is 5.21. The smallest absolute Gasteiger partial charge is 0.341 e. The highest BCUT2D eigenvalue weighted by molar-refractivity contribution is 7.92. The summed E-state index contributed by atoms with van der Waals surface area (Å²) in [6.45, 7) is -0.504. The number of amides is 1. The molecule has 0 aliphatic rings. The Morgan fingerprint density at radius 3 is 2.38 bits per heavy atom. The van der Waals surface area contributed by atoms with Gasteiger partial charge in [-0.25, -0.2) is 8.42 Å². The first-order valence-corrected chi connectivity index (χ1v) is 7.78. The summed E-state index contributed by atoms with van der Waals surface area (Å²) >= 11 is 0. The zero-order chi connectivity index (χ0) is 16.3. The van der Waals surface area contributed by atoms with Crippen LogP contribution in [-0.2, 0) is 10.0 Å². The van der Waals surface area contributed by atoms with E-state index in [-0.39, 0.29) is 11.3 Å². The maximum Gasteiger partial charge on any atom is 0.390 e. The highest BCUT2D eigenvalue weighted by Crippen LogP contribution is 2.21. The first-order valence-electron chi connectivity index (χ1n) is 5.88. The fourth-order valence-corrected chi connectivity index (χ4v) is 2.14. The van der Waals surface area contributed by atoms with E-state index in [0.717, 1.165) is 11.2 Å². The second-order valence-corrected chi connectivity index (χ2v) is 6.26. The fraction of sp³-hybridized carbons (Fsp3) is 0.417. The number of alkyl halides is 3. The van der Waals surface area contributed by atoms with Gasteiger partial charge in [0, 0.05) is 13.6 Å². The van der Waals surface area contributed by atoms with Crippen molar-refractivity contribution in [2.75, 3.05) is 24.6 Å². The molecule has 0 aromatic heterocycles. The number of nitrogens with zero attached hydrogens (tertiary/aromatic N) is 1. The molecular weight excluding hydrogens is 309 g/mol. The summed E-state index contributed by atoms with van der Waals surface area (Å²) in [6, 6.07) is 5.73. The molecule has 21 heavy (non-hydrogen) atoms. The topological polar surface area (TPSA) is 66.5 Å². The number of para-hydroxylation sites is 1. The number of nitrogens with one attached hydrogen (secondary N) is 1. The van der Waals surface area contributed by atoms with E-state index in [1.54, 1.807) is 0 Å². The third-order valence-corrected chi connectivity index (χ3v) is 3.12. The van der Waals surface area contributed by atoms with E-state index < -0.39 is 35.1 Å². The second kappa shape index (κ2) is 6.33. The minimum absolute atomic E-state index is 0.00685. The monoisotopic (exact) mass is 324 g/mol. The average Bonchev–Trinajstić information content (AvgIpc) is 2.33. The van der Waals surface area contributed by atoms with E-state index >= 15 is 0 Å². The van der Waals surface area contributed by atoms with E-state index in [4.69, 9.17) is 0 Å². The maximum absolute atomic E-state index is 12.2. The number of carbonyl (C=O) groups is 1. The van der Waals surface area contributed by atoms with Gasteiger partial charge in [-0.05, 0) is 12.1 Å². The number of rotatable bonds is 5. The molecule has 1 N–H and O–H groups in total. The van der Waals surface area contributed by atoms with Crippen LogP contribution in [0.4, 0.5) is 18.9 Å². The molecule has 0 fully saturated rings. The van der Waals surface area contributed by atoms with Crippen LogP contribution in [0.1, 0.15) is 16.8 Å². The molecule has 118 valence electrons. The van der Waals surface area contributed by atoms with Crippen LogP contribution in [-0.4, -0.2) is 45.2 Å². The molecule has 1 aromatic rings. The molecule has 0 atom stereocenters. The molecule has 0 saturated heterocycles. The molecule has 1 rings (SSSR count). The summed E-state index contributed by atoms with van der Waals surface area (Å²) in [5, 5.41) is 0. The minimum Gasteiger partial charge on any atom is -0.341 e. The fourth-order valence-electron chi connectivity index (χ4n) is 1.56. The molecule has 0 spiro atoms. The van der Waals surface area contributed by atoms with Gasteiger partial charge in [-0.2, -0.15) is 13.2 Å². The lowest BCUT2D eigenvalue weighted by Gasteiger charge is -2.20. The van der Waals surface area contributed by atoms with Crippen molar-refractivity contribution in [2.24, 2.45) is 0 Å². The molecule has 0 radical (unpaired) electrons. The summed E-state index contributed by atoms with van der Waals surface area (Å²) < 4.78 is 61.1. The third-order valence-electron chi connectivity index (χ3n) is 2.53. The van der Waals surface area contributed by atoms with Crippen molar-refractivity contribution in [2.45, 2.75) is 12.6 Å². The van der Waals surface area contributed by atoms with Crippen molar-refractivity contribution in [3.63, 3.8) is 0 Å². The zero-order valence-electron chi connectivity index (χ0n) is 11.4. The Hall–Kier alpha value is -1.77. The highest BCUT2D eigenvalue weighted by Gasteiger charge is 2.28. The molecule has 0 aliphatic carbocycles. The summed E-state index contributed by atoms with van der Waals surface area (Å²) in [5.74, 6) is -0.689. The van der Waals surface area contributed by atoms with Gasteiger partial charge in [0.25, 0.3) is 5.91 Å². The van der Waals surface area contributed by atoms with Crippen molar-refractivity contribution < 1.29 is 26.4 Å². The number of sulfonamides is 1. The first kappa shape index (κ1) is 17.3. The first-order chi connectivity index (χ1) is 9.49. The van der Waals surface area contributed by atoms with Crippen molar-refractivity contribution in [1.29, 1.82) is 0 Å². The van der Waals surface area contributed by atoms with Gasteiger partial charge in [-0.3, -0.25) is 9.52 Å². The molecule has 0 saturated carbocycles. The number of carbonyl (C=O) groups excluding carboxylic acids is 1. The van der Waals surface area contributed by atoms with Crippen LogP contribution in [0, 0.1) is 0 Å². The maximum atomic E-state index is 12.2. The molecule has 5 nitrogen and oxygen atoms in total. The Balaban J connectivity index is 2.92. The van der Waals surface area contributed by atoms with E-state index in [2.05, 4.69) is 4.72 Å². The van der Waals surface area contributed by atoms with Gasteiger partial charge >= 0.3 is 6.18 Å². The summed E-state index contributed by atoms with van der Waals surface area (Å²) in [7, 11) is -2.37.